The lowest BCUT2D eigenvalue weighted by molar-refractivity contribution is 0.0788. The topological polar surface area (TPSA) is 38.1 Å². The van der Waals surface area contributed by atoms with Crippen molar-refractivity contribution in [2.45, 2.75) is 12.8 Å². The lowest BCUT2D eigenvalue weighted by atomic mass is 10.1. The fraction of sp³-hybridized carbons (Fsp3) is 0.263. The molecule has 0 saturated carbocycles. The normalized spacial score (nSPS) is 12.1. The van der Waals surface area contributed by atoms with Crippen molar-refractivity contribution >= 4 is 17.2 Å². The van der Waals surface area contributed by atoms with E-state index in [-0.39, 0.29) is 11.8 Å². The third kappa shape index (κ3) is 3.41. The van der Waals surface area contributed by atoms with Crippen molar-refractivity contribution in [3.05, 3.63) is 64.6 Å². The molecule has 0 N–H and O–H groups in total. The third-order valence-electron chi connectivity index (χ3n) is 4.06. The molecule has 0 bridgehead atoms. The summed E-state index contributed by atoms with van der Waals surface area (Å²) in [5.41, 5.74) is 2.82. The number of carbonyl (C=O) groups excluding carboxylic acids is 1. The Kier molecular flexibility index (Phi) is 4.81. The number of carbonyl (C=O) groups is 1. The molecule has 1 unspecified atom stereocenters. The van der Waals surface area contributed by atoms with Crippen molar-refractivity contribution < 1.29 is 4.79 Å². The van der Waals surface area contributed by atoms with E-state index in [4.69, 9.17) is 4.98 Å². The molecule has 0 saturated heterocycles. The Hall–Kier alpha value is -2.40. The minimum Gasteiger partial charge on any atom is -0.349 e. The molecule has 2 aromatic heterocycles. The SMILES string of the molecule is CC(CN(C)C(=O)c1ccccc1)c1nc(-c2cccn2C)cs1. The summed E-state index contributed by atoms with van der Waals surface area (Å²) >= 11 is 1.65. The lowest BCUT2D eigenvalue weighted by Crippen LogP contribution is -2.30. The van der Waals surface area contributed by atoms with Crippen LogP contribution < -0.4 is 0 Å². The van der Waals surface area contributed by atoms with Gasteiger partial charge in [-0.2, -0.15) is 0 Å². The molecule has 124 valence electrons. The number of aryl methyl sites for hydroxylation is 1. The van der Waals surface area contributed by atoms with Crippen LogP contribution in [-0.4, -0.2) is 34.0 Å². The number of likely N-dealkylation sites (N-methyl/N-ethyl adjacent to an activating group) is 1. The van der Waals surface area contributed by atoms with Crippen LogP contribution in [0.15, 0.2) is 54.0 Å². The second-order valence-electron chi connectivity index (χ2n) is 6.03. The van der Waals surface area contributed by atoms with Crippen LogP contribution >= 0.6 is 11.3 Å². The maximum atomic E-state index is 12.5. The van der Waals surface area contributed by atoms with E-state index in [1.807, 2.05) is 56.7 Å². The van der Waals surface area contributed by atoms with Gasteiger partial charge in [0.05, 0.1) is 16.4 Å². The molecule has 1 atom stereocenters. The van der Waals surface area contributed by atoms with E-state index in [1.54, 1.807) is 16.2 Å². The van der Waals surface area contributed by atoms with Crippen LogP contribution in [0, 0.1) is 0 Å². The molecule has 1 amide bonds. The zero-order valence-electron chi connectivity index (χ0n) is 14.1. The summed E-state index contributed by atoms with van der Waals surface area (Å²) < 4.78 is 2.06. The summed E-state index contributed by atoms with van der Waals surface area (Å²) in [6, 6.07) is 13.5. The Labute approximate surface area is 146 Å². The molecule has 3 aromatic rings. The van der Waals surface area contributed by atoms with Crippen molar-refractivity contribution in [2.24, 2.45) is 7.05 Å². The third-order valence-corrected chi connectivity index (χ3v) is 5.14. The molecule has 2 heterocycles. The van der Waals surface area contributed by atoms with Gasteiger partial charge in [-0.25, -0.2) is 4.98 Å². The second-order valence-corrected chi connectivity index (χ2v) is 6.92. The molecule has 0 aliphatic rings. The van der Waals surface area contributed by atoms with Crippen molar-refractivity contribution in [2.75, 3.05) is 13.6 Å². The van der Waals surface area contributed by atoms with Gasteiger partial charge in [-0.1, -0.05) is 25.1 Å². The summed E-state index contributed by atoms with van der Waals surface area (Å²) in [5.74, 6) is 0.239. The minimum absolute atomic E-state index is 0.0432. The zero-order valence-corrected chi connectivity index (χ0v) is 15.0. The average molecular weight is 339 g/mol. The van der Waals surface area contributed by atoms with E-state index in [2.05, 4.69) is 22.9 Å². The van der Waals surface area contributed by atoms with Gasteiger partial charge in [0.2, 0.25) is 0 Å². The van der Waals surface area contributed by atoms with Crippen molar-refractivity contribution in [1.29, 1.82) is 0 Å². The van der Waals surface area contributed by atoms with E-state index in [9.17, 15) is 4.79 Å². The van der Waals surface area contributed by atoms with Gasteiger partial charge in [0.25, 0.3) is 5.91 Å². The van der Waals surface area contributed by atoms with Gasteiger partial charge in [0.15, 0.2) is 0 Å². The van der Waals surface area contributed by atoms with Crippen LogP contribution in [0.3, 0.4) is 0 Å². The second kappa shape index (κ2) is 7.01. The standard InChI is InChI=1S/C19H21N3OS/c1-14(12-22(3)19(23)15-8-5-4-6-9-15)18-20-16(13-24-18)17-10-7-11-21(17)2/h4-11,13-14H,12H2,1-3H3. The molecule has 4 nitrogen and oxygen atoms in total. The van der Waals surface area contributed by atoms with Gasteiger partial charge < -0.3 is 9.47 Å². The summed E-state index contributed by atoms with van der Waals surface area (Å²) in [7, 11) is 3.86. The van der Waals surface area contributed by atoms with Crippen LogP contribution in [0.2, 0.25) is 0 Å². The quantitative estimate of drug-likeness (QED) is 0.704. The van der Waals surface area contributed by atoms with E-state index >= 15 is 0 Å². The largest absolute Gasteiger partial charge is 0.349 e. The fourth-order valence-electron chi connectivity index (χ4n) is 2.73. The van der Waals surface area contributed by atoms with Gasteiger partial charge in [-0.15, -0.1) is 11.3 Å². The van der Waals surface area contributed by atoms with Gasteiger partial charge in [-0.3, -0.25) is 4.79 Å². The average Bonchev–Trinajstić information content (AvgIpc) is 3.23. The molecule has 0 spiro atoms. The summed E-state index contributed by atoms with van der Waals surface area (Å²) in [5, 5.41) is 3.14. The molecule has 0 aliphatic heterocycles. The van der Waals surface area contributed by atoms with Crippen LogP contribution in [-0.2, 0) is 7.05 Å². The van der Waals surface area contributed by atoms with Crippen LogP contribution in [0.5, 0.6) is 0 Å². The first kappa shape index (κ1) is 16.5. The Balaban J connectivity index is 1.69. The highest BCUT2D eigenvalue weighted by molar-refractivity contribution is 7.10. The highest BCUT2D eigenvalue weighted by atomic mass is 32.1. The number of hydrogen-bond donors (Lipinski definition) is 0. The van der Waals surface area contributed by atoms with Crippen LogP contribution in [0.1, 0.15) is 28.2 Å². The number of rotatable bonds is 5. The van der Waals surface area contributed by atoms with E-state index < -0.39 is 0 Å². The number of benzene rings is 1. The minimum atomic E-state index is 0.0432. The molecular formula is C19H21N3OS. The van der Waals surface area contributed by atoms with Gasteiger partial charge in [0, 0.05) is 43.7 Å². The Morgan fingerprint density at radius 1 is 1.25 bits per heavy atom. The predicted molar refractivity (Wildman–Crippen MR) is 98.3 cm³/mol. The summed E-state index contributed by atoms with van der Waals surface area (Å²) in [6.45, 7) is 2.76. The first-order valence-electron chi connectivity index (χ1n) is 7.94. The van der Waals surface area contributed by atoms with Crippen LogP contribution in [0.4, 0.5) is 0 Å². The molecule has 0 aliphatic carbocycles. The monoisotopic (exact) mass is 339 g/mol. The number of amides is 1. The molecule has 5 heteroatoms. The van der Waals surface area contributed by atoms with Crippen molar-refractivity contribution in [3.8, 4) is 11.4 Å². The summed E-state index contributed by atoms with van der Waals surface area (Å²) in [6.07, 6.45) is 2.02. The van der Waals surface area contributed by atoms with Gasteiger partial charge in [-0.05, 0) is 24.3 Å². The highest BCUT2D eigenvalue weighted by Gasteiger charge is 2.18. The van der Waals surface area contributed by atoms with Crippen molar-refractivity contribution in [1.82, 2.24) is 14.5 Å². The van der Waals surface area contributed by atoms with Gasteiger partial charge in [0.1, 0.15) is 0 Å². The molecule has 3 rings (SSSR count). The molecule has 24 heavy (non-hydrogen) atoms. The van der Waals surface area contributed by atoms with E-state index in [0.29, 0.717) is 6.54 Å². The Bertz CT molecular complexity index is 822. The maximum Gasteiger partial charge on any atom is 0.253 e. The Morgan fingerprint density at radius 2 is 2.00 bits per heavy atom. The molecule has 0 fully saturated rings. The van der Waals surface area contributed by atoms with Crippen molar-refractivity contribution in [3.63, 3.8) is 0 Å². The van der Waals surface area contributed by atoms with E-state index in [1.165, 1.54) is 0 Å². The number of aromatic nitrogens is 2. The zero-order chi connectivity index (χ0) is 17.1. The molecule has 1 aromatic carbocycles. The number of hydrogen-bond acceptors (Lipinski definition) is 3. The predicted octanol–water partition coefficient (Wildman–Crippen LogP) is 4.02. The van der Waals surface area contributed by atoms with Crippen LogP contribution in [0.25, 0.3) is 11.4 Å². The first-order valence-corrected chi connectivity index (χ1v) is 8.82. The molecule has 0 radical (unpaired) electrons. The maximum absolute atomic E-state index is 12.5. The number of nitrogens with zero attached hydrogens (tertiary/aromatic N) is 3. The first-order chi connectivity index (χ1) is 11.6. The highest BCUT2D eigenvalue weighted by Crippen LogP contribution is 2.27. The molecular weight excluding hydrogens is 318 g/mol. The van der Waals surface area contributed by atoms with E-state index in [0.717, 1.165) is 22.0 Å². The lowest BCUT2D eigenvalue weighted by Gasteiger charge is -2.20. The summed E-state index contributed by atoms with van der Waals surface area (Å²) in [4.78, 5) is 19.0. The smallest absolute Gasteiger partial charge is 0.253 e. The number of thiazole rings is 1. The van der Waals surface area contributed by atoms with Gasteiger partial charge >= 0.3 is 0 Å². The Morgan fingerprint density at radius 3 is 2.67 bits per heavy atom. The fourth-order valence-corrected chi connectivity index (χ4v) is 3.60.